The van der Waals surface area contributed by atoms with E-state index in [0.717, 1.165) is 22.4 Å². The average molecular weight is 663 g/mol. The van der Waals surface area contributed by atoms with Crippen LogP contribution in [0.3, 0.4) is 0 Å². The molecular weight excluding hydrogens is 612 g/mol. The SMILES string of the molecule is [2H]CC(=O)OC[C@H]1OC(O)(c2ccc(C)c(Cc3ccc(O[Si](C)(C)C(C)(C)C)cc3)c2)[C@H](OC(=O)C[2H])[C@@H](OC(=O)C[2H])[C@@H]1OC(=O)C[2H]. The Morgan fingerprint density at radius 3 is 2.07 bits per heavy atom. The molecule has 12 heteroatoms. The van der Waals surface area contributed by atoms with Crippen LogP contribution in [0, 0.1) is 6.92 Å². The summed E-state index contributed by atoms with van der Waals surface area (Å²) in [7, 11) is -2.06. The highest BCUT2D eigenvalue weighted by atomic mass is 28.4. The summed E-state index contributed by atoms with van der Waals surface area (Å²) in [4.78, 5) is 49.3. The summed E-state index contributed by atoms with van der Waals surface area (Å²) >= 11 is 0. The van der Waals surface area contributed by atoms with E-state index in [1.807, 2.05) is 31.2 Å². The highest BCUT2D eigenvalue weighted by molar-refractivity contribution is 6.74. The van der Waals surface area contributed by atoms with E-state index in [9.17, 15) is 24.3 Å². The first-order valence-corrected chi connectivity index (χ1v) is 17.5. The van der Waals surface area contributed by atoms with Gasteiger partial charge in [-0.25, -0.2) is 0 Å². The van der Waals surface area contributed by atoms with Crippen LogP contribution in [0.5, 0.6) is 5.75 Å². The molecule has 11 nitrogen and oxygen atoms in total. The monoisotopic (exact) mass is 662 g/mol. The number of aryl methyl sites for hydroxylation is 1. The van der Waals surface area contributed by atoms with Crippen molar-refractivity contribution < 1.29 is 57.9 Å². The minimum atomic E-state index is -2.65. The van der Waals surface area contributed by atoms with E-state index in [2.05, 4.69) is 33.9 Å². The smallest absolute Gasteiger partial charge is 0.303 e. The lowest BCUT2D eigenvalue weighted by Gasteiger charge is -2.48. The van der Waals surface area contributed by atoms with Gasteiger partial charge in [-0.1, -0.05) is 45.0 Å². The fourth-order valence-corrected chi connectivity index (χ4v) is 5.83. The zero-order valence-corrected chi connectivity index (χ0v) is 28.1. The fourth-order valence-electron chi connectivity index (χ4n) is 4.80. The second-order valence-corrected chi connectivity index (χ2v) is 17.4. The molecule has 0 bridgehead atoms. The van der Waals surface area contributed by atoms with Crippen LogP contribution in [-0.2, 0) is 55.1 Å². The van der Waals surface area contributed by atoms with Crippen molar-refractivity contribution in [2.75, 3.05) is 6.61 Å². The molecule has 0 spiro atoms. The van der Waals surface area contributed by atoms with E-state index in [4.69, 9.17) is 33.6 Å². The van der Waals surface area contributed by atoms with Gasteiger partial charge in [0, 0.05) is 38.6 Å². The van der Waals surface area contributed by atoms with Gasteiger partial charge < -0.3 is 33.2 Å². The Balaban J connectivity index is 2.10. The normalized spacial score (nSPS) is 24.3. The molecule has 0 aromatic heterocycles. The summed E-state index contributed by atoms with van der Waals surface area (Å²) in [5, 5.41) is 12.3. The Hall–Kier alpha value is -3.74. The number of hydrogen-bond donors (Lipinski definition) is 1. The number of hydrogen-bond acceptors (Lipinski definition) is 11. The van der Waals surface area contributed by atoms with E-state index in [1.54, 1.807) is 12.1 Å². The molecule has 3 rings (SSSR count). The molecule has 1 aliphatic rings. The maximum atomic E-state index is 12.6. The molecule has 0 radical (unpaired) electrons. The molecule has 5 atom stereocenters. The zero-order valence-electron chi connectivity index (χ0n) is 31.1. The van der Waals surface area contributed by atoms with Crippen molar-refractivity contribution in [3.05, 3.63) is 64.7 Å². The first-order valence-electron chi connectivity index (χ1n) is 17.4. The number of aliphatic hydroxyl groups is 1. The Morgan fingerprint density at radius 1 is 0.891 bits per heavy atom. The van der Waals surface area contributed by atoms with Crippen molar-refractivity contribution in [2.24, 2.45) is 0 Å². The number of ether oxygens (including phenoxy) is 5. The first-order chi connectivity index (χ1) is 23.4. The number of benzene rings is 2. The first kappa shape index (κ1) is 30.9. The second-order valence-electron chi connectivity index (χ2n) is 12.7. The van der Waals surface area contributed by atoms with Gasteiger partial charge in [-0.3, -0.25) is 19.2 Å². The predicted octanol–water partition coefficient (Wildman–Crippen LogP) is 4.87. The molecule has 1 heterocycles. The van der Waals surface area contributed by atoms with Crippen LogP contribution >= 0.6 is 0 Å². The van der Waals surface area contributed by atoms with Gasteiger partial charge in [0.15, 0.2) is 12.2 Å². The van der Waals surface area contributed by atoms with E-state index >= 15 is 0 Å². The molecule has 1 saturated heterocycles. The van der Waals surface area contributed by atoms with E-state index in [1.165, 1.54) is 6.07 Å². The van der Waals surface area contributed by atoms with E-state index in [0.29, 0.717) is 6.42 Å². The van der Waals surface area contributed by atoms with Gasteiger partial charge in [-0.2, -0.15) is 0 Å². The Kier molecular flexibility index (Phi) is 9.64. The van der Waals surface area contributed by atoms with Crippen molar-refractivity contribution in [3.63, 3.8) is 0 Å². The van der Waals surface area contributed by atoms with Gasteiger partial charge >= 0.3 is 23.9 Å². The average Bonchev–Trinajstić information content (AvgIpc) is 3.07. The summed E-state index contributed by atoms with van der Waals surface area (Å²) < 4.78 is 63.5. The van der Waals surface area contributed by atoms with Gasteiger partial charge in [0.25, 0.3) is 0 Å². The Labute approximate surface area is 277 Å². The minimum Gasteiger partial charge on any atom is -0.544 e. The summed E-state index contributed by atoms with van der Waals surface area (Å²) in [6.07, 6.45) is -6.68. The molecule has 2 aromatic rings. The largest absolute Gasteiger partial charge is 0.544 e. The van der Waals surface area contributed by atoms with Crippen molar-refractivity contribution in [1.29, 1.82) is 0 Å². The minimum absolute atomic E-state index is 0.0155. The molecule has 46 heavy (non-hydrogen) atoms. The van der Waals surface area contributed by atoms with Crippen molar-refractivity contribution in [1.82, 2.24) is 0 Å². The third-order valence-electron chi connectivity index (χ3n) is 8.17. The summed E-state index contributed by atoms with van der Waals surface area (Å²) in [5.41, 5.74) is 2.48. The molecule has 0 amide bonds. The van der Waals surface area contributed by atoms with Crippen LogP contribution in [0.1, 0.15) is 76.1 Å². The molecule has 252 valence electrons. The van der Waals surface area contributed by atoms with E-state index < -0.39 is 96.6 Å². The summed E-state index contributed by atoms with van der Waals surface area (Å²) in [5.74, 6) is -6.30. The number of carbonyl (C=O) groups excluding carboxylic acids is 4. The number of carbonyl (C=O) groups is 4. The van der Waals surface area contributed by atoms with Crippen LogP contribution < -0.4 is 4.43 Å². The van der Waals surface area contributed by atoms with Gasteiger partial charge in [-0.05, 0) is 66.4 Å². The summed E-state index contributed by atoms with van der Waals surface area (Å²) in [6.45, 7) is 8.50. The van der Waals surface area contributed by atoms with Gasteiger partial charge in [0.05, 0.1) is 0 Å². The van der Waals surface area contributed by atoms with Gasteiger partial charge in [-0.15, -0.1) is 0 Å². The molecule has 1 N–H and O–H groups in total. The van der Waals surface area contributed by atoms with Crippen LogP contribution in [-0.4, -0.2) is 68.3 Å². The molecule has 0 aliphatic carbocycles. The van der Waals surface area contributed by atoms with Crippen LogP contribution in [0.4, 0.5) is 0 Å². The molecule has 1 aliphatic heterocycles. The van der Waals surface area contributed by atoms with Crippen LogP contribution in [0.2, 0.25) is 18.1 Å². The zero-order chi connectivity index (χ0) is 37.4. The quantitative estimate of drug-likeness (QED) is 0.211. The molecule has 1 fully saturated rings. The Morgan fingerprint density at radius 2 is 1.48 bits per heavy atom. The van der Waals surface area contributed by atoms with Crippen molar-refractivity contribution >= 4 is 32.2 Å². The third-order valence-corrected chi connectivity index (χ3v) is 12.5. The lowest BCUT2D eigenvalue weighted by atomic mass is 9.85. The topological polar surface area (TPSA) is 144 Å². The standard InChI is InChI=1S/C34H46O11Si/c1-20-11-14-27(18-26(20)17-25-12-15-28(16-13-25)45-46(9,10)33(6,7)8)34(39)32(43-24(5)38)31(42-23(4)37)30(41-22(3)36)29(44-34)19-40-21(2)35/h11-16,18,29-32,39H,17,19H2,1-10H3/t29-,30-,31+,32-,34?/m1/s1/i2D,3D,4D,5D. The second kappa shape index (κ2) is 14.4. The maximum absolute atomic E-state index is 12.6. The van der Waals surface area contributed by atoms with Crippen LogP contribution in [0.15, 0.2) is 42.5 Å². The van der Waals surface area contributed by atoms with Crippen molar-refractivity contribution in [2.45, 2.75) is 110 Å². The number of rotatable bonds is 10. The maximum Gasteiger partial charge on any atom is 0.303 e. The van der Waals surface area contributed by atoms with Gasteiger partial charge in [0.2, 0.25) is 20.2 Å². The van der Waals surface area contributed by atoms with Crippen molar-refractivity contribution in [3.8, 4) is 5.75 Å². The number of esters is 4. The Bertz CT molecular complexity index is 1520. The van der Waals surface area contributed by atoms with Gasteiger partial charge in [0.1, 0.15) is 18.5 Å². The van der Waals surface area contributed by atoms with E-state index in [-0.39, 0.29) is 10.6 Å². The molecular formula is C34H46O11Si. The fraction of sp³-hybridized carbons (Fsp3) is 0.529. The highest BCUT2D eigenvalue weighted by Crippen LogP contribution is 2.42. The molecule has 2 aromatic carbocycles. The third kappa shape index (κ3) is 8.95. The molecule has 1 unspecified atom stereocenters. The molecule has 0 saturated carbocycles. The summed E-state index contributed by atoms with van der Waals surface area (Å²) in [6, 6.07) is 12.4. The van der Waals surface area contributed by atoms with Crippen LogP contribution in [0.25, 0.3) is 0 Å². The highest BCUT2D eigenvalue weighted by Gasteiger charge is 2.60. The lowest BCUT2D eigenvalue weighted by molar-refractivity contribution is -0.360. The predicted molar refractivity (Wildman–Crippen MR) is 170 cm³/mol. The lowest BCUT2D eigenvalue weighted by Crippen LogP contribution is -2.66.